The minimum Gasteiger partial charge on any atom is -0.380 e. The first-order valence-corrected chi connectivity index (χ1v) is 5.06. The summed E-state index contributed by atoms with van der Waals surface area (Å²) in [6, 6.07) is 0. The maximum Gasteiger partial charge on any atom is 0.227 e. The molecule has 0 aromatic rings. The maximum atomic E-state index is 10.4. The maximum absolute atomic E-state index is 10.4. The fourth-order valence-electron chi connectivity index (χ4n) is 0.273. The molecular weight excluding hydrogens is 182 g/mol. The molecule has 0 aromatic heterocycles. The summed E-state index contributed by atoms with van der Waals surface area (Å²) in [4.78, 5) is 0. The number of rotatable bonds is 4. The normalized spacial score (nSPS) is 15.0. The van der Waals surface area contributed by atoms with E-state index in [-0.39, 0.29) is 0 Å². The molecule has 3 N–H and O–H groups in total. The van der Waals surface area contributed by atoms with Crippen molar-refractivity contribution in [3.8, 4) is 0 Å². The minimum atomic E-state index is -3.78. The van der Waals surface area contributed by atoms with Crippen LogP contribution in [0.4, 0.5) is 0 Å². The van der Waals surface area contributed by atoms with E-state index in [1.807, 2.05) is 0 Å². The largest absolute Gasteiger partial charge is 0.380 e. The molecule has 0 saturated heterocycles. The summed E-state index contributed by atoms with van der Waals surface area (Å²) in [5, 5.41) is 7.13. The Morgan fingerprint density at radius 1 is 1.50 bits per heavy atom. The molecular formula is C2H7NO5S2. The van der Waals surface area contributed by atoms with Gasteiger partial charge in [0.15, 0.2) is 16.2 Å². The third kappa shape index (κ3) is 4.82. The Labute approximate surface area is 60.6 Å². The van der Waals surface area contributed by atoms with Crippen LogP contribution in [0.15, 0.2) is 0 Å². The summed E-state index contributed by atoms with van der Waals surface area (Å²) in [5.74, 6) is 0. The van der Waals surface area contributed by atoms with Gasteiger partial charge in [-0.25, -0.2) is 12.6 Å². The van der Waals surface area contributed by atoms with E-state index in [0.717, 1.165) is 0 Å². The molecule has 0 amide bonds. The average Bonchev–Trinajstić information content (AvgIpc) is 1.59. The molecule has 8 heteroatoms. The van der Waals surface area contributed by atoms with Crippen LogP contribution in [0.1, 0.15) is 0 Å². The Hall–Kier alpha value is -0.0200. The molecule has 62 valence electrons. The van der Waals surface area contributed by atoms with Gasteiger partial charge in [-0.2, -0.15) is 4.72 Å². The van der Waals surface area contributed by atoms with Gasteiger partial charge in [-0.15, -0.1) is 0 Å². The molecule has 0 aliphatic rings. The van der Waals surface area contributed by atoms with Gasteiger partial charge in [0.2, 0.25) is 10.0 Å². The average molecular weight is 189 g/mol. The zero-order chi connectivity index (χ0) is 8.20. The van der Waals surface area contributed by atoms with Crippen LogP contribution in [0.2, 0.25) is 0 Å². The van der Waals surface area contributed by atoms with E-state index in [1.165, 1.54) is 0 Å². The van der Waals surface area contributed by atoms with Crippen molar-refractivity contribution >= 4 is 21.1 Å². The van der Waals surface area contributed by atoms with Gasteiger partial charge >= 0.3 is 0 Å². The molecule has 1 unspecified atom stereocenters. The fourth-order valence-corrected chi connectivity index (χ4v) is 1.86. The smallest absolute Gasteiger partial charge is 0.227 e. The second-order valence-corrected chi connectivity index (χ2v) is 4.46. The highest BCUT2D eigenvalue weighted by atomic mass is 32.3. The molecule has 0 spiro atoms. The lowest BCUT2D eigenvalue weighted by molar-refractivity contribution is 0.288. The lowest BCUT2D eigenvalue weighted by Crippen LogP contribution is -2.28. The van der Waals surface area contributed by atoms with Crippen molar-refractivity contribution in [1.29, 1.82) is 0 Å². The van der Waals surface area contributed by atoms with Crippen LogP contribution >= 0.6 is 0 Å². The number of hydrogen-bond donors (Lipinski definition) is 3. The Kier molecular flexibility index (Phi) is 3.98. The van der Waals surface area contributed by atoms with Crippen molar-refractivity contribution < 1.29 is 22.3 Å². The first-order chi connectivity index (χ1) is 4.48. The number of hydrogen-bond acceptors (Lipinski definition) is 4. The molecule has 0 heterocycles. The summed E-state index contributed by atoms with van der Waals surface area (Å²) in [6.45, 7) is -0.764. The molecule has 0 saturated carbocycles. The molecule has 1 atom stereocenters. The van der Waals surface area contributed by atoms with E-state index in [1.54, 1.807) is 4.72 Å². The first kappa shape index (κ1) is 9.98. The first-order valence-electron chi connectivity index (χ1n) is 2.13. The Balaban J connectivity index is 4.02. The molecule has 0 aliphatic heterocycles. The van der Waals surface area contributed by atoms with Crippen LogP contribution in [-0.2, 0) is 21.1 Å². The summed E-state index contributed by atoms with van der Waals surface area (Å²) in [5.41, 5.74) is 0. The third-order valence-corrected chi connectivity index (χ3v) is 3.16. The van der Waals surface area contributed by atoms with E-state index in [0.29, 0.717) is 0 Å². The second-order valence-electron chi connectivity index (χ2n) is 1.36. The Morgan fingerprint density at radius 3 is 2.30 bits per heavy atom. The summed E-state index contributed by atoms with van der Waals surface area (Å²) in [6.07, 6.45) is 0. The van der Waals surface area contributed by atoms with Gasteiger partial charge in [0, 0.05) is 0 Å². The van der Waals surface area contributed by atoms with Gasteiger partial charge in [-0.3, -0.25) is 0 Å². The van der Waals surface area contributed by atoms with Crippen molar-refractivity contribution in [3.63, 3.8) is 0 Å². The molecule has 0 aliphatic carbocycles. The molecule has 0 aromatic carbocycles. The number of nitrogens with one attached hydrogen (secondary N) is 1. The standard InChI is InChI=1S/C2H7NO5S2/c4-1-3-10(7,8)2-9(5)6/h3-4H,1-2H2,(H,5,6). The van der Waals surface area contributed by atoms with Crippen molar-refractivity contribution in [3.05, 3.63) is 0 Å². The van der Waals surface area contributed by atoms with Gasteiger partial charge in [0.25, 0.3) is 0 Å². The minimum absolute atomic E-state index is 0.764. The number of sulfonamides is 1. The van der Waals surface area contributed by atoms with E-state index in [9.17, 15) is 12.6 Å². The Morgan fingerprint density at radius 2 is 2.00 bits per heavy atom. The zero-order valence-corrected chi connectivity index (χ0v) is 6.48. The van der Waals surface area contributed by atoms with Crippen molar-refractivity contribution in [2.45, 2.75) is 0 Å². The molecule has 0 radical (unpaired) electrons. The van der Waals surface area contributed by atoms with E-state index in [4.69, 9.17) is 9.66 Å². The quantitative estimate of drug-likeness (QED) is 0.352. The number of aliphatic hydroxyl groups excluding tert-OH is 1. The van der Waals surface area contributed by atoms with Crippen LogP contribution in [0.5, 0.6) is 0 Å². The van der Waals surface area contributed by atoms with Crippen LogP contribution < -0.4 is 4.72 Å². The van der Waals surface area contributed by atoms with Gasteiger partial charge in [-0.1, -0.05) is 0 Å². The molecule has 6 nitrogen and oxygen atoms in total. The van der Waals surface area contributed by atoms with Gasteiger partial charge < -0.3 is 9.66 Å². The summed E-state index contributed by atoms with van der Waals surface area (Å²) >= 11 is -2.40. The van der Waals surface area contributed by atoms with Crippen LogP contribution in [-0.4, -0.2) is 34.1 Å². The molecule has 0 rings (SSSR count). The van der Waals surface area contributed by atoms with Crippen molar-refractivity contribution in [2.75, 3.05) is 11.8 Å². The highest BCUT2D eigenvalue weighted by molar-refractivity contribution is 8.02. The highest BCUT2D eigenvalue weighted by Crippen LogP contribution is 1.84. The highest BCUT2D eigenvalue weighted by Gasteiger charge is 2.11. The number of aliphatic hydroxyl groups is 1. The van der Waals surface area contributed by atoms with Crippen molar-refractivity contribution in [1.82, 2.24) is 4.72 Å². The molecule has 0 bridgehead atoms. The lowest BCUT2D eigenvalue weighted by Gasteiger charge is -1.98. The molecule has 10 heavy (non-hydrogen) atoms. The predicted molar refractivity (Wildman–Crippen MR) is 34.8 cm³/mol. The van der Waals surface area contributed by atoms with Crippen LogP contribution in [0.25, 0.3) is 0 Å². The van der Waals surface area contributed by atoms with E-state index < -0.39 is 32.9 Å². The van der Waals surface area contributed by atoms with E-state index in [2.05, 4.69) is 0 Å². The van der Waals surface area contributed by atoms with Crippen LogP contribution in [0.3, 0.4) is 0 Å². The summed E-state index contributed by atoms with van der Waals surface area (Å²) < 4.78 is 40.4. The zero-order valence-electron chi connectivity index (χ0n) is 4.85. The van der Waals surface area contributed by atoms with Crippen molar-refractivity contribution in [2.24, 2.45) is 0 Å². The van der Waals surface area contributed by atoms with Gasteiger partial charge in [0.05, 0.1) is 0 Å². The fraction of sp³-hybridized carbons (Fsp3) is 1.00. The topological polar surface area (TPSA) is 104 Å². The van der Waals surface area contributed by atoms with Crippen LogP contribution in [0, 0.1) is 0 Å². The SMILES string of the molecule is O=S(O)CS(=O)(=O)NCO. The molecule has 0 fully saturated rings. The van der Waals surface area contributed by atoms with Gasteiger partial charge in [0.1, 0.15) is 6.73 Å². The third-order valence-electron chi connectivity index (χ3n) is 0.540. The van der Waals surface area contributed by atoms with Gasteiger partial charge in [-0.05, 0) is 0 Å². The monoisotopic (exact) mass is 189 g/mol. The predicted octanol–water partition coefficient (Wildman–Crippen LogP) is -1.97. The Bertz CT molecular complexity index is 208. The lowest BCUT2D eigenvalue weighted by atomic mass is 11.4. The van der Waals surface area contributed by atoms with E-state index >= 15 is 0 Å². The second kappa shape index (κ2) is 3.98. The summed E-state index contributed by atoms with van der Waals surface area (Å²) in [7, 11) is -3.78.